The second kappa shape index (κ2) is 8.05. The second-order valence-corrected chi connectivity index (χ2v) is 7.80. The molecule has 1 saturated carbocycles. The van der Waals surface area contributed by atoms with Crippen LogP contribution in [0.3, 0.4) is 0 Å². The molecule has 0 unspecified atom stereocenters. The fourth-order valence-electron chi connectivity index (χ4n) is 3.54. The summed E-state index contributed by atoms with van der Waals surface area (Å²) in [7, 11) is 0. The smallest absolute Gasteiger partial charge is 0.227 e. The van der Waals surface area contributed by atoms with Crippen molar-refractivity contribution in [2.75, 3.05) is 18.4 Å². The molecule has 5 heteroatoms. The van der Waals surface area contributed by atoms with Gasteiger partial charge < -0.3 is 15.0 Å². The molecule has 2 aromatic carbocycles. The number of carbonyl (C=O) groups excluding carboxylic acids is 2. The van der Waals surface area contributed by atoms with Crippen molar-refractivity contribution in [2.24, 2.45) is 11.8 Å². The van der Waals surface area contributed by atoms with Crippen LogP contribution in [0.15, 0.2) is 48.5 Å². The van der Waals surface area contributed by atoms with Crippen molar-refractivity contribution in [3.8, 4) is 11.5 Å². The van der Waals surface area contributed by atoms with Crippen LogP contribution < -0.4 is 10.1 Å². The summed E-state index contributed by atoms with van der Waals surface area (Å²) in [5.74, 6) is 2.05. The van der Waals surface area contributed by atoms with Gasteiger partial charge in [-0.05, 0) is 69.0 Å². The van der Waals surface area contributed by atoms with Crippen molar-refractivity contribution in [3.63, 3.8) is 0 Å². The minimum atomic E-state index is -0.0354. The third-order valence-corrected chi connectivity index (χ3v) is 5.48. The van der Waals surface area contributed by atoms with Crippen molar-refractivity contribution in [2.45, 2.75) is 32.6 Å². The lowest BCUT2D eigenvalue weighted by atomic mass is 9.95. The molecule has 146 valence electrons. The molecule has 1 heterocycles. The van der Waals surface area contributed by atoms with E-state index in [1.807, 2.05) is 60.4 Å². The van der Waals surface area contributed by atoms with E-state index < -0.39 is 0 Å². The van der Waals surface area contributed by atoms with E-state index in [0.717, 1.165) is 42.9 Å². The Kier molecular flexibility index (Phi) is 5.33. The fourth-order valence-corrected chi connectivity index (χ4v) is 3.54. The minimum absolute atomic E-state index is 0.0331. The lowest BCUT2D eigenvalue weighted by molar-refractivity contribution is -0.135. The molecule has 1 aliphatic carbocycles. The van der Waals surface area contributed by atoms with E-state index in [4.69, 9.17) is 4.74 Å². The Bertz CT molecular complexity index is 833. The maximum atomic E-state index is 12.6. The lowest BCUT2D eigenvalue weighted by Gasteiger charge is -2.31. The monoisotopic (exact) mass is 378 g/mol. The predicted octanol–water partition coefficient (Wildman–Crippen LogP) is 4.37. The molecule has 0 radical (unpaired) electrons. The summed E-state index contributed by atoms with van der Waals surface area (Å²) in [4.78, 5) is 26.6. The molecule has 0 spiro atoms. The zero-order chi connectivity index (χ0) is 19.5. The average Bonchev–Trinajstić information content (AvgIpc) is 3.56. The first-order valence-corrected chi connectivity index (χ1v) is 10.0. The minimum Gasteiger partial charge on any atom is -0.457 e. The highest BCUT2D eigenvalue weighted by Crippen LogP contribution is 2.32. The quantitative estimate of drug-likeness (QED) is 0.840. The maximum absolute atomic E-state index is 12.6. The van der Waals surface area contributed by atoms with Crippen LogP contribution in [0.25, 0.3) is 0 Å². The number of amides is 2. The fraction of sp³-hybridized carbons (Fsp3) is 0.391. The van der Waals surface area contributed by atoms with Gasteiger partial charge in [-0.15, -0.1) is 0 Å². The Hall–Kier alpha value is -2.82. The molecule has 4 rings (SSSR count). The number of hydrogen-bond acceptors (Lipinski definition) is 3. The Labute approximate surface area is 165 Å². The van der Waals surface area contributed by atoms with Gasteiger partial charge in [0.2, 0.25) is 11.8 Å². The summed E-state index contributed by atoms with van der Waals surface area (Å²) in [5.41, 5.74) is 1.95. The zero-order valence-corrected chi connectivity index (χ0v) is 16.2. The topological polar surface area (TPSA) is 58.6 Å². The van der Waals surface area contributed by atoms with Gasteiger partial charge in [0.15, 0.2) is 0 Å². The summed E-state index contributed by atoms with van der Waals surface area (Å²) in [6.07, 6.45) is 3.53. The van der Waals surface area contributed by atoms with Gasteiger partial charge in [0.05, 0.1) is 0 Å². The molecular weight excluding hydrogens is 352 g/mol. The summed E-state index contributed by atoms with van der Waals surface area (Å²) in [6, 6.07) is 15.3. The Morgan fingerprint density at radius 2 is 1.43 bits per heavy atom. The standard InChI is InChI=1S/C23H26N2O3/c1-16-2-8-20(9-3-16)28-21-10-6-19(7-11-21)24-22(26)17-12-14-25(15-13-17)23(27)18-4-5-18/h2-3,6-11,17-18H,4-5,12-15H2,1H3,(H,24,26). The number of rotatable bonds is 5. The van der Waals surface area contributed by atoms with Crippen LogP contribution in [-0.4, -0.2) is 29.8 Å². The van der Waals surface area contributed by atoms with E-state index in [2.05, 4.69) is 5.32 Å². The highest BCUT2D eigenvalue weighted by Gasteiger charge is 2.35. The van der Waals surface area contributed by atoms with Crippen LogP contribution in [0, 0.1) is 18.8 Å². The lowest BCUT2D eigenvalue weighted by Crippen LogP contribution is -2.42. The number of nitrogens with one attached hydrogen (secondary N) is 1. The molecule has 2 fully saturated rings. The number of anilines is 1. The molecule has 2 amide bonds. The van der Waals surface area contributed by atoms with Crippen LogP contribution >= 0.6 is 0 Å². The molecule has 1 N–H and O–H groups in total. The summed E-state index contributed by atoms with van der Waals surface area (Å²) in [5, 5.41) is 2.99. The molecule has 5 nitrogen and oxygen atoms in total. The van der Waals surface area contributed by atoms with Crippen molar-refractivity contribution in [3.05, 3.63) is 54.1 Å². The van der Waals surface area contributed by atoms with Crippen LogP contribution in [0.2, 0.25) is 0 Å². The summed E-state index contributed by atoms with van der Waals surface area (Å²) in [6.45, 7) is 3.42. The van der Waals surface area contributed by atoms with E-state index in [9.17, 15) is 9.59 Å². The summed E-state index contributed by atoms with van der Waals surface area (Å²) >= 11 is 0. The molecule has 1 saturated heterocycles. The maximum Gasteiger partial charge on any atom is 0.227 e. The SMILES string of the molecule is Cc1ccc(Oc2ccc(NC(=O)C3CCN(C(=O)C4CC4)CC3)cc2)cc1. The van der Waals surface area contributed by atoms with Crippen molar-refractivity contribution in [1.82, 2.24) is 4.90 Å². The van der Waals surface area contributed by atoms with Gasteiger partial charge in [0.1, 0.15) is 11.5 Å². The van der Waals surface area contributed by atoms with Gasteiger partial charge in [0, 0.05) is 30.6 Å². The number of nitrogens with zero attached hydrogens (tertiary/aromatic N) is 1. The summed E-state index contributed by atoms with van der Waals surface area (Å²) < 4.78 is 5.82. The van der Waals surface area contributed by atoms with E-state index in [1.165, 1.54) is 5.56 Å². The van der Waals surface area contributed by atoms with Gasteiger partial charge >= 0.3 is 0 Å². The number of carbonyl (C=O) groups is 2. The van der Waals surface area contributed by atoms with Crippen molar-refractivity contribution >= 4 is 17.5 Å². The van der Waals surface area contributed by atoms with Crippen LogP contribution in [-0.2, 0) is 9.59 Å². The number of benzene rings is 2. The number of piperidine rings is 1. The third kappa shape index (κ3) is 4.53. The number of ether oxygens (including phenoxy) is 1. The Morgan fingerprint density at radius 1 is 0.857 bits per heavy atom. The van der Waals surface area contributed by atoms with Crippen LogP contribution in [0.1, 0.15) is 31.2 Å². The predicted molar refractivity (Wildman–Crippen MR) is 108 cm³/mol. The molecule has 28 heavy (non-hydrogen) atoms. The van der Waals surface area contributed by atoms with E-state index >= 15 is 0 Å². The van der Waals surface area contributed by atoms with E-state index in [-0.39, 0.29) is 23.7 Å². The first-order chi connectivity index (χ1) is 13.6. The zero-order valence-electron chi connectivity index (χ0n) is 16.2. The molecular formula is C23H26N2O3. The molecule has 0 bridgehead atoms. The highest BCUT2D eigenvalue weighted by molar-refractivity contribution is 5.92. The van der Waals surface area contributed by atoms with Crippen LogP contribution in [0.4, 0.5) is 5.69 Å². The van der Waals surface area contributed by atoms with E-state index in [0.29, 0.717) is 13.1 Å². The van der Waals surface area contributed by atoms with Gasteiger partial charge in [-0.25, -0.2) is 0 Å². The second-order valence-electron chi connectivity index (χ2n) is 7.80. The largest absolute Gasteiger partial charge is 0.457 e. The Morgan fingerprint density at radius 3 is 2.00 bits per heavy atom. The molecule has 2 aromatic rings. The normalized spacial score (nSPS) is 17.2. The first kappa shape index (κ1) is 18.5. The third-order valence-electron chi connectivity index (χ3n) is 5.48. The van der Waals surface area contributed by atoms with Gasteiger partial charge in [0.25, 0.3) is 0 Å². The Balaban J connectivity index is 1.27. The molecule has 0 aromatic heterocycles. The highest BCUT2D eigenvalue weighted by atomic mass is 16.5. The number of aryl methyl sites for hydroxylation is 1. The molecule has 1 aliphatic heterocycles. The van der Waals surface area contributed by atoms with Crippen LogP contribution in [0.5, 0.6) is 11.5 Å². The van der Waals surface area contributed by atoms with E-state index in [1.54, 1.807) is 0 Å². The number of hydrogen-bond donors (Lipinski definition) is 1. The van der Waals surface area contributed by atoms with Gasteiger partial charge in [-0.1, -0.05) is 17.7 Å². The van der Waals surface area contributed by atoms with Gasteiger partial charge in [-0.2, -0.15) is 0 Å². The van der Waals surface area contributed by atoms with Crippen molar-refractivity contribution < 1.29 is 14.3 Å². The average molecular weight is 378 g/mol. The first-order valence-electron chi connectivity index (χ1n) is 10.0. The van der Waals surface area contributed by atoms with Gasteiger partial charge in [-0.3, -0.25) is 9.59 Å². The number of likely N-dealkylation sites (tertiary alicyclic amines) is 1. The molecule has 0 atom stereocenters. The van der Waals surface area contributed by atoms with Crippen molar-refractivity contribution in [1.29, 1.82) is 0 Å². The molecule has 2 aliphatic rings.